The molecule has 0 radical (unpaired) electrons. The third kappa shape index (κ3) is 9.51. The quantitative estimate of drug-likeness (QED) is 0.0735. The molecular weight excluding hydrogens is 660 g/mol. The maximum Gasteiger partial charge on any atom is 0.484 e. The average Bonchev–Trinajstić information content (AvgIpc) is 3.13. The SMILES string of the molecule is CC(=O)N[C@@H]1[C@@H](OP(=O)(OC[C@H]2O[C@@H](n3ccc(=O)[nH]c3=O)[C@H](O)[C@@H]2O)OP(=O)(O)O)[C@H](O)[C@@H](COS(=O)(=O)O)O[C@@H]1O. The zero-order chi connectivity index (χ0) is 32.5. The molecule has 2 fully saturated rings. The lowest BCUT2D eigenvalue weighted by molar-refractivity contribution is -0.249. The fourth-order valence-electron chi connectivity index (χ4n) is 3.98. The summed E-state index contributed by atoms with van der Waals surface area (Å²) in [6, 6.07) is -1.00. The summed E-state index contributed by atoms with van der Waals surface area (Å²) in [4.78, 5) is 55.6. The monoisotopic (exact) mass is 687 g/mol. The molecule has 10 atom stereocenters. The Bertz CT molecular complexity index is 1480. The zero-order valence-electron chi connectivity index (χ0n) is 21.5. The first-order chi connectivity index (χ1) is 19.7. The minimum absolute atomic E-state index is 0.671. The Morgan fingerprint density at radius 3 is 2.26 bits per heavy atom. The van der Waals surface area contributed by atoms with Gasteiger partial charge >= 0.3 is 31.7 Å². The van der Waals surface area contributed by atoms with Crippen LogP contribution in [-0.2, 0) is 51.3 Å². The van der Waals surface area contributed by atoms with Crippen molar-refractivity contribution in [2.75, 3.05) is 13.2 Å². The Kier molecular flexibility index (Phi) is 11.2. The minimum Gasteiger partial charge on any atom is -0.387 e. The van der Waals surface area contributed by atoms with Gasteiger partial charge in [-0.1, -0.05) is 0 Å². The maximum absolute atomic E-state index is 13.4. The van der Waals surface area contributed by atoms with Crippen molar-refractivity contribution < 1.29 is 84.1 Å². The smallest absolute Gasteiger partial charge is 0.387 e. The van der Waals surface area contributed by atoms with Crippen LogP contribution in [0.25, 0.3) is 0 Å². The molecule has 0 aromatic carbocycles. The van der Waals surface area contributed by atoms with Crippen LogP contribution in [0.15, 0.2) is 21.9 Å². The standard InChI is InChI=1S/C17H27N3O20P2S/c1-6(21)18-10-14(12(24)8(38-16(10)26)5-36-43(32,33)34)39-42(31,40-41(28,29)30)35-4-7-11(23)13(25)15(37-7)20-3-2-9(22)19-17(20)27/h2-3,7-8,10-16,23-26H,4-5H2,1H3,(H,18,21)(H,19,22,27)(H2,28,29,30)(H,32,33,34)/t7-,8-,10-,11-,12-,13-,14-,15-,16+,42?/m1/s1. The summed E-state index contributed by atoms with van der Waals surface area (Å²) in [6.45, 7) is -1.44. The highest BCUT2D eigenvalue weighted by Crippen LogP contribution is 2.62. The third-order valence-corrected chi connectivity index (χ3v) is 8.81. The normalized spacial score (nSPS) is 33.2. The molecule has 246 valence electrons. The number of aliphatic hydroxyl groups excluding tert-OH is 4. The molecule has 0 saturated carbocycles. The molecule has 26 heteroatoms. The zero-order valence-corrected chi connectivity index (χ0v) is 24.1. The van der Waals surface area contributed by atoms with Crippen LogP contribution in [0.5, 0.6) is 0 Å². The van der Waals surface area contributed by atoms with Crippen LogP contribution in [-0.4, -0.2) is 121 Å². The van der Waals surface area contributed by atoms with E-state index < -0.39 is 112 Å². The van der Waals surface area contributed by atoms with E-state index in [0.717, 1.165) is 19.2 Å². The Morgan fingerprint density at radius 1 is 1.07 bits per heavy atom. The van der Waals surface area contributed by atoms with Gasteiger partial charge in [-0.05, 0) is 0 Å². The topological polar surface area (TPSA) is 349 Å². The van der Waals surface area contributed by atoms with Gasteiger partial charge in [0.05, 0.1) is 13.2 Å². The van der Waals surface area contributed by atoms with Gasteiger partial charge < -0.3 is 45.0 Å². The number of phosphoric acid groups is 2. The summed E-state index contributed by atoms with van der Waals surface area (Å²) in [7, 11) is -16.6. The lowest BCUT2D eigenvalue weighted by Gasteiger charge is -2.43. The number of aromatic nitrogens is 2. The molecule has 0 spiro atoms. The van der Waals surface area contributed by atoms with E-state index in [0.29, 0.717) is 4.57 Å². The van der Waals surface area contributed by atoms with Gasteiger partial charge in [0.25, 0.3) is 5.56 Å². The van der Waals surface area contributed by atoms with Gasteiger partial charge in [0.1, 0.15) is 42.7 Å². The second-order valence-electron chi connectivity index (χ2n) is 8.94. The predicted octanol–water partition coefficient (Wildman–Crippen LogP) is -4.82. The van der Waals surface area contributed by atoms with Gasteiger partial charge in [-0.15, -0.1) is 0 Å². The molecule has 23 nitrogen and oxygen atoms in total. The fourth-order valence-corrected chi connectivity index (χ4v) is 6.61. The van der Waals surface area contributed by atoms with Gasteiger partial charge in [0.15, 0.2) is 12.5 Å². The van der Waals surface area contributed by atoms with E-state index in [1.807, 2.05) is 10.3 Å². The number of carbonyl (C=O) groups excluding carboxylic acids is 1. The van der Waals surface area contributed by atoms with Crippen LogP contribution in [0.4, 0.5) is 0 Å². The predicted molar refractivity (Wildman–Crippen MR) is 131 cm³/mol. The van der Waals surface area contributed by atoms with E-state index in [2.05, 4.69) is 8.49 Å². The first-order valence-electron chi connectivity index (χ1n) is 11.6. The van der Waals surface area contributed by atoms with Crippen LogP contribution in [0.2, 0.25) is 0 Å². The van der Waals surface area contributed by atoms with Crippen LogP contribution in [0.1, 0.15) is 13.2 Å². The number of rotatable bonds is 12. The second-order valence-corrected chi connectivity index (χ2v) is 13.0. The van der Waals surface area contributed by atoms with Gasteiger partial charge in [-0.2, -0.15) is 12.7 Å². The van der Waals surface area contributed by atoms with E-state index in [1.54, 1.807) is 0 Å². The Balaban J connectivity index is 1.87. The number of hydrogen-bond acceptors (Lipinski definition) is 17. The van der Waals surface area contributed by atoms with Gasteiger partial charge in [0, 0.05) is 19.2 Å². The molecule has 9 N–H and O–H groups in total. The van der Waals surface area contributed by atoms with E-state index in [9.17, 15) is 62.1 Å². The highest BCUT2D eigenvalue weighted by Gasteiger charge is 2.52. The summed E-state index contributed by atoms with van der Waals surface area (Å²) in [5.74, 6) is -0.909. The molecule has 2 aliphatic heterocycles. The summed E-state index contributed by atoms with van der Waals surface area (Å²) in [6.07, 6.45) is -14.8. The molecule has 3 heterocycles. The number of aliphatic hydroxyl groups is 4. The number of aromatic amines is 1. The van der Waals surface area contributed by atoms with Crippen LogP contribution in [0.3, 0.4) is 0 Å². The van der Waals surface area contributed by atoms with Crippen LogP contribution >= 0.6 is 15.6 Å². The number of ether oxygens (including phenoxy) is 2. The molecule has 1 aromatic rings. The highest BCUT2D eigenvalue weighted by atomic mass is 32.3. The molecule has 2 aliphatic rings. The van der Waals surface area contributed by atoms with Crippen molar-refractivity contribution in [2.45, 2.75) is 62.1 Å². The number of phosphoric ester groups is 1. The van der Waals surface area contributed by atoms with Crippen molar-refractivity contribution in [3.63, 3.8) is 0 Å². The molecule has 2 saturated heterocycles. The number of amides is 1. The number of nitrogens with one attached hydrogen (secondary N) is 2. The first-order valence-corrected chi connectivity index (χ1v) is 16.0. The molecule has 43 heavy (non-hydrogen) atoms. The Hall–Kier alpha value is -1.96. The lowest BCUT2D eigenvalue weighted by atomic mass is 9.97. The van der Waals surface area contributed by atoms with Crippen molar-refractivity contribution in [2.24, 2.45) is 0 Å². The summed E-state index contributed by atoms with van der Waals surface area (Å²) in [5.41, 5.74) is -1.86. The molecule has 3 rings (SSSR count). The average molecular weight is 687 g/mol. The highest BCUT2D eigenvalue weighted by molar-refractivity contribution is 7.80. The molecule has 0 aliphatic carbocycles. The minimum atomic E-state index is -5.79. The van der Waals surface area contributed by atoms with Crippen molar-refractivity contribution in [1.82, 2.24) is 14.9 Å². The Morgan fingerprint density at radius 2 is 1.70 bits per heavy atom. The molecule has 1 unspecified atom stereocenters. The van der Waals surface area contributed by atoms with Crippen molar-refractivity contribution in [3.05, 3.63) is 33.1 Å². The van der Waals surface area contributed by atoms with Crippen molar-refractivity contribution in [3.8, 4) is 0 Å². The molecule has 0 bridgehead atoms. The second kappa shape index (κ2) is 13.6. The molecular formula is C17H27N3O20P2S. The first kappa shape index (κ1) is 35.5. The van der Waals surface area contributed by atoms with Crippen molar-refractivity contribution in [1.29, 1.82) is 0 Å². The molecule has 1 amide bonds. The summed E-state index contributed by atoms with van der Waals surface area (Å²) < 4.78 is 84.8. The van der Waals surface area contributed by atoms with Gasteiger partial charge in [-0.3, -0.25) is 32.7 Å². The maximum atomic E-state index is 13.4. The number of H-pyrrole nitrogens is 1. The van der Waals surface area contributed by atoms with E-state index in [1.165, 1.54) is 0 Å². The number of carbonyl (C=O) groups is 1. The number of hydrogen-bond donors (Lipinski definition) is 9. The van der Waals surface area contributed by atoms with E-state index >= 15 is 0 Å². The van der Waals surface area contributed by atoms with Crippen LogP contribution < -0.4 is 16.6 Å². The largest absolute Gasteiger partial charge is 0.484 e. The van der Waals surface area contributed by atoms with Crippen molar-refractivity contribution >= 4 is 32.0 Å². The third-order valence-electron chi connectivity index (χ3n) is 5.76. The lowest BCUT2D eigenvalue weighted by Crippen LogP contribution is -2.64. The van der Waals surface area contributed by atoms with E-state index in [-0.39, 0.29) is 0 Å². The van der Waals surface area contributed by atoms with Gasteiger partial charge in [-0.25, -0.2) is 18.1 Å². The summed E-state index contributed by atoms with van der Waals surface area (Å²) >= 11 is 0. The van der Waals surface area contributed by atoms with E-state index in [4.69, 9.17) is 23.1 Å². The van der Waals surface area contributed by atoms with Gasteiger partial charge in [0.2, 0.25) is 5.91 Å². The molecule has 1 aromatic heterocycles. The number of nitrogens with zero attached hydrogens (tertiary/aromatic N) is 1. The Labute approximate surface area is 239 Å². The van der Waals surface area contributed by atoms with Crippen LogP contribution in [0, 0.1) is 0 Å². The summed E-state index contributed by atoms with van der Waals surface area (Å²) in [5, 5.41) is 43.8. The fraction of sp³-hybridized carbons (Fsp3) is 0.706.